The van der Waals surface area contributed by atoms with Gasteiger partial charge >= 0.3 is 0 Å². The molecule has 0 aromatic heterocycles. The monoisotopic (exact) mass is 312 g/mol. The summed E-state index contributed by atoms with van der Waals surface area (Å²) in [4.78, 5) is 0. The summed E-state index contributed by atoms with van der Waals surface area (Å²) in [6.45, 7) is 13.9. The standard InChI is InChI=1S/C20H28OSi/c1-7-10-18(21)16-13-14-19(22(5,6)20(2,3)4)17-12-9-8-11-15(16)17/h7-14,18,21H,1-6H3/b10-7-. The lowest BCUT2D eigenvalue weighted by Gasteiger charge is -2.38. The van der Waals surface area contributed by atoms with Gasteiger partial charge in [0, 0.05) is 0 Å². The number of rotatable bonds is 3. The Morgan fingerprint density at radius 2 is 1.59 bits per heavy atom. The molecule has 0 heterocycles. The Morgan fingerprint density at radius 1 is 1.00 bits per heavy atom. The number of aliphatic hydroxyl groups is 1. The highest BCUT2D eigenvalue weighted by Crippen LogP contribution is 2.37. The molecule has 0 aliphatic heterocycles. The van der Waals surface area contributed by atoms with Crippen molar-refractivity contribution in [2.24, 2.45) is 0 Å². The summed E-state index contributed by atoms with van der Waals surface area (Å²) in [5.74, 6) is 0. The number of hydrogen-bond acceptors (Lipinski definition) is 1. The molecule has 22 heavy (non-hydrogen) atoms. The zero-order chi connectivity index (χ0) is 16.5. The first-order chi connectivity index (χ1) is 10.2. The van der Waals surface area contributed by atoms with E-state index in [1.165, 1.54) is 16.0 Å². The molecule has 118 valence electrons. The molecule has 0 radical (unpaired) electrons. The van der Waals surface area contributed by atoms with Crippen molar-refractivity contribution in [3.05, 3.63) is 54.1 Å². The third kappa shape index (κ3) is 2.90. The van der Waals surface area contributed by atoms with Gasteiger partial charge in [0.2, 0.25) is 0 Å². The fraction of sp³-hybridized carbons (Fsp3) is 0.400. The maximum atomic E-state index is 10.4. The number of allylic oxidation sites excluding steroid dienone is 1. The van der Waals surface area contributed by atoms with Crippen molar-refractivity contribution in [3.63, 3.8) is 0 Å². The van der Waals surface area contributed by atoms with E-state index < -0.39 is 14.2 Å². The minimum Gasteiger partial charge on any atom is -0.384 e. The van der Waals surface area contributed by atoms with Gasteiger partial charge in [0.05, 0.1) is 14.2 Å². The maximum Gasteiger partial charge on any atom is 0.0977 e. The molecule has 0 saturated heterocycles. The lowest BCUT2D eigenvalue weighted by molar-refractivity contribution is 0.230. The summed E-state index contributed by atoms with van der Waals surface area (Å²) in [7, 11) is -1.62. The van der Waals surface area contributed by atoms with E-state index in [1.54, 1.807) is 0 Å². The van der Waals surface area contributed by atoms with Gasteiger partial charge in [-0.2, -0.15) is 0 Å². The second kappa shape index (κ2) is 6.02. The van der Waals surface area contributed by atoms with E-state index >= 15 is 0 Å². The maximum absolute atomic E-state index is 10.4. The molecule has 2 aromatic carbocycles. The van der Waals surface area contributed by atoms with Crippen molar-refractivity contribution < 1.29 is 5.11 Å². The van der Waals surface area contributed by atoms with Gasteiger partial charge in [0.1, 0.15) is 0 Å². The third-order valence-electron chi connectivity index (χ3n) is 5.20. The van der Waals surface area contributed by atoms with E-state index in [9.17, 15) is 5.11 Å². The van der Waals surface area contributed by atoms with Crippen molar-refractivity contribution in [1.29, 1.82) is 0 Å². The first-order valence-electron chi connectivity index (χ1n) is 8.03. The van der Waals surface area contributed by atoms with Gasteiger partial charge in [-0.25, -0.2) is 0 Å². The average Bonchev–Trinajstić information content (AvgIpc) is 2.45. The van der Waals surface area contributed by atoms with E-state index in [4.69, 9.17) is 0 Å². The molecule has 0 bridgehead atoms. The molecule has 2 aromatic rings. The number of hydrogen-bond donors (Lipinski definition) is 1. The van der Waals surface area contributed by atoms with Gasteiger partial charge in [-0.15, -0.1) is 0 Å². The number of fused-ring (bicyclic) bond motifs is 1. The van der Waals surface area contributed by atoms with E-state index in [1.807, 2.05) is 19.1 Å². The zero-order valence-corrected chi connectivity index (χ0v) is 15.6. The third-order valence-corrected chi connectivity index (χ3v) is 10.7. The van der Waals surface area contributed by atoms with E-state index in [0.29, 0.717) is 5.04 Å². The van der Waals surface area contributed by atoms with Crippen LogP contribution < -0.4 is 5.19 Å². The molecule has 2 heteroatoms. The highest BCUT2D eigenvalue weighted by atomic mass is 28.3. The van der Waals surface area contributed by atoms with Gasteiger partial charge in [0.15, 0.2) is 0 Å². The zero-order valence-electron chi connectivity index (χ0n) is 14.6. The Morgan fingerprint density at radius 3 is 2.14 bits per heavy atom. The van der Waals surface area contributed by atoms with Gasteiger partial charge in [0.25, 0.3) is 0 Å². The van der Waals surface area contributed by atoms with Gasteiger partial charge < -0.3 is 5.11 Å². The second-order valence-electron chi connectivity index (χ2n) is 7.59. The van der Waals surface area contributed by atoms with Crippen molar-refractivity contribution in [2.75, 3.05) is 0 Å². The molecule has 2 rings (SSSR count). The fourth-order valence-electron chi connectivity index (χ4n) is 2.82. The van der Waals surface area contributed by atoms with Crippen LogP contribution in [0.15, 0.2) is 48.6 Å². The summed E-state index contributed by atoms with van der Waals surface area (Å²) in [6.07, 6.45) is 3.21. The van der Waals surface area contributed by atoms with Crippen molar-refractivity contribution in [2.45, 2.75) is 51.9 Å². The average molecular weight is 313 g/mol. The van der Waals surface area contributed by atoms with Crippen molar-refractivity contribution in [3.8, 4) is 0 Å². The Balaban J connectivity index is 2.74. The normalized spacial score (nSPS) is 14.7. The van der Waals surface area contributed by atoms with E-state index in [0.717, 1.165) is 5.56 Å². The number of benzene rings is 2. The summed E-state index contributed by atoms with van der Waals surface area (Å²) in [5, 5.41) is 14.6. The minimum absolute atomic E-state index is 0.291. The Hall–Kier alpha value is -1.38. The highest BCUT2D eigenvalue weighted by Gasteiger charge is 2.38. The topological polar surface area (TPSA) is 20.2 Å². The molecule has 0 aliphatic carbocycles. The summed E-state index contributed by atoms with van der Waals surface area (Å²) < 4.78 is 0. The van der Waals surface area contributed by atoms with Crippen LogP contribution in [0.2, 0.25) is 18.1 Å². The SMILES string of the molecule is C/C=C\C(O)c1ccc([Si](C)(C)C(C)(C)C)c2ccccc12. The molecule has 1 unspecified atom stereocenters. The van der Waals surface area contributed by atoms with Gasteiger partial charge in [-0.1, -0.05) is 87.6 Å². The van der Waals surface area contributed by atoms with Crippen LogP contribution in [-0.4, -0.2) is 13.2 Å². The summed E-state index contributed by atoms with van der Waals surface area (Å²) in [6, 6.07) is 12.9. The number of aliphatic hydroxyl groups excluding tert-OH is 1. The molecule has 1 atom stereocenters. The van der Waals surface area contributed by atoms with E-state index in [-0.39, 0.29) is 0 Å². The van der Waals surface area contributed by atoms with Crippen LogP contribution in [-0.2, 0) is 0 Å². The Labute approximate surface area is 135 Å². The Bertz CT molecular complexity index is 692. The van der Waals surface area contributed by atoms with E-state index in [2.05, 4.69) is 70.3 Å². The molecule has 1 nitrogen and oxygen atoms in total. The molecular weight excluding hydrogens is 284 g/mol. The van der Waals surface area contributed by atoms with Crippen LogP contribution >= 0.6 is 0 Å². The Kier molecular flexibility index (Phi) is 4.64. The van der Waals surface area contributed by atoms with Crippen LogP contribution in [0.4, 0.5) is 0 Å². The predicted octanol–water partition coefficient (Wildman–Crippen LogP) is 5.16. The largest absolute Gasteiger partial charge is 0.384 e. The molecule has 0 amide bonds. The quantitative estimate of drug-likeness (QED) is 0.612. The summed E-state index contributed by atoms with van der Waals surface area (Å²) in [5.41, 5.74) is 0.996. The minimum atomic E-state index is -1.62. The van der Waals surface area contributed by atoms with Crippen LogP contribution in [0, 0.1) is 0 Å². The molecule has 0 fully saturated rings. The molecule has 1 N–H and O–H groups in total. The molecular formula is C20H28OSi. The lowest BCUT2D eigenvalue weighted by atomic mass is 10.00. The van der Waals surface area contributed by atoms with Crippen LogP contribution in [0.1, 0.15) is 39.4 Å². The summed E-state index contributed by atoms with van der Waals surface area (Å²) >= 11 is 0. The van der Waals surface area contributed by atoms with Crippen LogP contribution in [0.5, 0.6) is 0 Å². The highest BCUT2D eigenvalue weighted by molar-refractivity contribution is 6.93. The fourth-order valence-corrected chi connectivity index (χ4v) is 5.01. The van der Waals surface area contributed by atoms with Crippen LogP contribution in [0.25, 0.3) is 10.8 Å². The molecule has 0 saturated carbocycles. The predicted molar refractivity (Wildman–Crippen MR) is 101 cm³/mol. The lowest BCUT2D eigenvalue weighted by Crippen LogP contribution is -2.49. The smallest absolute Gasteiger partial charge is 0.0977 e. The van der Waals surface area contributed by atoms with Gasteiger partial charge in [-0.3, -0.25) is 0 Å². The second-order valence-corrected chi connectivity index (χ2v) is 12.9. The van der Waals surface area contributed by atoms with Crippen molar-refractivity contribution >= 4 is 24.0 Å². The van der Waals surface area contributed by atoms with Crippen LogP contribution in [0.3, 0.4) is 0 Å². The van der Waals surface area contributed by atoms with Gasteiger partial charge in [-0.05, 0) is 28.3 Å². The first kappa shape index (κ1) is 17.0. The molecule has 0 aliphatic rings. The van der Waals surface area contributed by atoms with Crippen molar-refractivity contribution in [1.82, 2.24) is 0 Å². The first-order valence-corrected chi connectivity index (χ1v) is 11.0. The molecule has 0 spiro atoms.